The molecule has 0 aliphatic carbocycles. The van der Waals surface area contributed by atoms with Gasteiger partial charge in [0.1, 0.15) is 12.2 Å². The zero-order valence-corrected chi connectivity index (χ0v) is 8.67. The maximum absolute atomic E-state index is 4.11. The summed E-state index contributed by atoms with van der Waals surface area (Å²) in [5.74, 6) is 0.940. The number of hydrogen-bond acceptors (Lipinski definition) is 4. The molecule has 2 aromatic heterocycles. The van der Waals surface area contributed by atoms with Crippen LogP contribution in [0.2, 0.25) is 0 Å². The molecule has 0 unspecified atom stereocenters. The number of nitrogens with one attached hydrogen (secondary N) is 1. The minimum Gasteiger partial charge on any atom is -0.320 e. The Kier molecular flexibility index (Phi) is 3.08. The monoisotopic (exact) mass is 206 g/mol. The van der Waals surface area contributed by atoms with Crippen molar-refractivity contribution in [2.24, 2.45) is 7.05 Å². The molecule has 0 saturated heterocycles. The fourth-order valence-corrected chi connectivity index (χ4v) is 1.29. The zero-order chi connectivity index (χ0) is 10.5. The molecule has 0 radical (unpaired) electrons. The molecule has 0 aliphatic rings. The van der Waals surface area contributed by atoms with E-state index < -0.39 is 0 Å². The second-order valence-electron chi connectivity index (χ2n) is 3.30. The molecule has 2 aromatic rings. The lowest BCUT2D eigenvalue weighted by Crippen LogP contribution is -2.21. The molecule has 0 atom stereocenters. The van der Waals surface area contributed by atoms with Crippen LogP contribution in [-0.2, 0) is 20.1 Å². The molecule has 0 fully saturated rings. The van der Waals surface area contributed by atoms with Crippen molar-refractivity contribution < 1.29 is 0 Å². The first-order valence-electron chi connectivity index (χ1n) is 4.87. The Hall–Kier alpha value is -1.69. The van der Waals surface area contributed by atoms with Crippen molar-refractivity contribution in [3.8, 4) is 0 Å². The second-order valence-corrected chi connectivity index (χ2v) is 3.30. The van der Waals surface area contributed by atoms with Gasteiger partial charge < -0.3 is 9.88 Å². The van der Waals surface area contributed by atoms with Crippen molar-refractivity contribution in [2.45, 2.75) is 13.1 Å². The van der Waals surface area contributed by atoms with Crippen LogP contribution in [0.1, 0.15) is 5.82 Å². The maximum Gasteiger partial charge on any atom is 0.146 e. The van der Waals surface area contributed by atoms with E-state index in [9.17, 15) is 0 Å². The van der Waals surface area contributed by atoms with Crippen LogP contribution in [-0.4, -0.2) is 31.1 Å². The topological polar surface area (TPSA) is 60.6 Å². The Morgan fingerprint density at radius 2 is 2.40 bits per heavy atom. The van der Waals surface area contributed by atoms with Crippen molar-refractivity contribution in [1.82, 2.24) is 29.9 Å². The molecule has 0 spiro atoms. The van der Waals surface area contributed by atoms with E-state index in [4.69, 9.17) is 0 Å². The van der Waals surface area contributed by atoms with Crippen LogP contribution in [0.5, 0.6) is 0 Å². The Balaban J connectivity index is 1.70. The molecule has 0 bridgehead atoms. The molecule has 0 aromatic carbocycles. The average Bonchev–Trinajstić information content (AvgIpc) is 2.85. The van der Waals surface area contributed by atoms with E-state index in [0.29, 0.717) is 0 Å². The van der Waals surface area contributed by atoms with Crippen molar-refractivity contribution in [1.29, 1.82) is 0 Å². The molecule has 6 nitrogen and oxygen atoms in total. The number of aryl methyl sites for hydroxylation is 1. The third kappa shape index (κ3) is 2.63. The van der Waals surface area contributed by atoms with Gasteiger partial charge in [-0.1, -0.05) is 0 Å². The van der Waals surface area contributed by atoms with Crippen LogP contribution in [0.4, 0.5) is 0 Å². The highest BCUT2D eigenvalue weighted by Gasteiger charge is 1.98. The molecule has 2 heterocycles. The molecule has 15 heavy (non-hydrogen) atoms. The Morgan fingerprint density at radius 1 is 1.47 bits per heavy atom. The second kappa shape index (κ2) is 4.70. The largest absolute Gasteiger partial charge is 0.320 e. The summed E-state index contributed by atoms with van der Waals surface area (Å²) in [7, 11) is 1.94. The van der Waals surface area contributed by atoms with Crippen LogP contribution in [0, 0.1) is 0 Å². The molecule has 0 amide bonds. The number of nitrogens with zero attached hydrogens (tertiary/aromatic N) is 5. The molecule has 6 heteroatoms. The third-order valence-electron chi connectivity index (χ3n) is 2.17. The first-order valence-corrected chi connectivity index (χ1v) is 4.87. The first-order chi connectivity index (χ1) is 7.36. The number of rotatable bonds is 5. The normalized spacial score (nSPS) is 10.7. The van der Waals surface area contributed by atoms with Gasteiger partial charge in [0.15, 0.2) is 0 Å². The van der Waals surface area contributed by atoms with Crippen LogP contribution in [0.15, 0.2) is 24.8 Å². The van der Waals surface area contributed by atoms with Crippen molar-refractivity contribution in [3.63, 3.8) is 0 Å². The van der Waals surface area contributed by atoms with Gasteiger partial charge in [0.05, 0.1) is 13.1 Å². The van der Waals surface area contributed by atoms with Gasteiger partial charge in [0.25, 0.3) is 0 Å². The smallest absolute Gasteiger partial charge is 0.146 e. The molecule has 1 N–H and O–H groups in total. The summed E-state index contributed by atoms with van der Waals surface area (Å²) >= 11 is 0. The van der Waals surface area contributed by atoms with Crippen LogP contribution in [0.3, 0.4) is 0 Å². The SMILES string of the molecule is Cn1cnnc1CNCCn1cccn1. The standard InChI is InChI=1S/C9H14N6/c1-14-8-11-13-9(14)7-10-4-6-15-5-2-3-12-15/h2-3,5,8,10H,4,6-7H2,1H3. The summed E-state index contributed by atoms with van der Waals surface area (Å²) in [6, 6.07) is 1.92. The van der Waals surface area contributed by atoms with Gasteiger partial charge >= 0.3 is 0 Å². The van der Waals surface area contributed by atoms with E-state index in [2.05, 4.69) is 20.6 Å². The van der Waals surface area contributed by atoms with Crippen molar-refractivity contribution >= 4 is 0 Å². The number of aromatic nitrogens is 5. The Labute approximate surface area is 87.9 Å². The fraction of sp³-hybridized carbons (Fsp3) is 0.444. The summed E-state index contributed by atoms with van der Waals surface area (Å²) in [5.41, 5.74) is 0. The average molecular weight is 206 g/mol. The predicted molar refractivity (Wildman–Crippen MR) is 54.9 cm³/mol. The third-order valence-corrected chi connectivity index (χ3v) is 2.17. The highest BCUT2D eigenvalue weighted by Crippen LogP contribution is 1.89. The van der Waals surface area contributed by atoms with E-state index in [1.165, 1.54) is 0 Å². The Bertz CT molecular complexity index is 390. The van der Waals surface area contributed by atoms with E-state index in [1.54, 1.807) is 12.5 Å². The molecule has 0 saturated carbocycles. The van der Waals surface area contributed by atoms with Gasteiger partial charge in [0.2, 0.25) is 0 Å². The predicted octanol–water partition coefficient (Wildman–Crippen LogP) is -0.199. The lowest BCUT2D eigenvalue weighted by molar-refractivity contribution is 0.541. The molecular weight excluding hydrogens is 192 g/mol. The molecule has 2 rings (SSSR count). The van der Waals surface area contributed by atoms with E-state index in [1.807, 2.05) is 28.6 Å². The minimum absolute atomic E-state index is 0.734. The summed E-state index contributed by atoms with van der Waals surface area (Å²) in [6.07, 6.45) is 5.43. The van der Waals surface area contributed by atoms with Crippen LogP contribution >= 0.6 is 0 Å². The zero-order valence-electron chi connectivity index (χ0n) is 8.67. The number of hydrogen-bond donors (Lipinski definition) is 1. The van der Waals surface area contributed by atoms with E-state index in [0.717, 1.165) is 25.5 Å². The van der Waals surface area contributed by atoms with Gasteiger partial charge in [-0.3, -0.25) is 4.68 Å². The molecule has 80 valence electrons. The summed E-state index contributed by atoms with van der Waals surface area (Å²) in [4.78, 5) is 0. The summed E-state index contributed by atoms with van der Waals surface area (Å²) < 4.78 is 3.80. The quantitative estimate of drug-likeness (QED) is 0.688. The first kappa shape index (κ1) is 9.85. The summed E-state index contributed by atoms with van der Waals surface area (Å²) in [6.45, 7) is 2.47. The van der Waals surface area contributed by atoms with Gasteiger partial charge in [0, 0.05) is 26.0 Å². The van der Waals surface area contributed by atoms with Gasteiger partial charge in [-0.2, -0.15) is 5.10 Å². The van der Waals surface area contributed by atoms with E-state index in [-0.39, 0.29) is 0 Å². The minimum atomic E-state index is 0.734. The lowest BCUT2D eigenvalue weighted by Gasteiger charge is -2.04. The van der Waals surface area contributed by atoms with E-state index >= 15 is 0 Å². The molecular formula is C9H14N6. The molecule has 0 aliphatic heterocycles. The fourth-order valence-electron chi connectivity index (χ4n) is 1.29. The van der Waals surface area contributed by atoms with Crippen molar-refractivity contribution in [2.75, 3.05) is 6.54 Å². The Morgan fingerprint density at radius 3 is 3.07 bits per heavy atom. The van der Waals surface area contributed by atoms with Gasteiger partial charge in [-0.15, -0.1) is 10.2 Å². The lowest BCUT2D eigenvalue weighted by atomic mass is 10.5. The van der Waals surface area contributed by atoms with Gasteiger partial charge in [-0.25, -0.2) is 0 Å². The summed E-state index contributed by atoms with van der Waals surface area (Å²) in [5, 5.41) is 15.2. The van der Waals surface area contributed by atoms with Crippen LogP contribution in [0.25, 0.3) is 0 Å². The van der Waals surface area contributed by atoms with Crippen molar-refractivity contribution in [3.05, 3.63) is 30.6 Å². The van der Waals surface area contributed by atoms with Crippen LogP contribution < -0.4 is 5.32 Å². The highest BCUT2D eigenvalue weighted by molar-refractivity contribution is 4.83. The highest BCUT2D eigenvalue weighted by atomic mass is 15.3. The maximum atomic E-state index is 4.11. The van der Waals surface area contributed by atoms with Gasteiger partial charge in [-0.05, 0) is 6.07 Å².